The zero-order valence-corrected chi connectivity index (χ0v) is 5.45. The van der Waals surface area contributed by atoms with Crippen molar-refractivity contribution < 1.29 is 9.90 Å². The van der Waals surface area contributed by atoms with Crippen LogP contribution in [0.1, 0.15) is 0 Å². The molecule has 0 aliphatic rings. The predicted molar refractivity (Wildman–Crippen MR) is 39.2 cm³/mol. The largest absolute Gasteiger partial charge is 0.478 e. The van der Waals surface area contributed by atoms with Crippen molar-refractivity contribution in [2.45, 2.75) is 0 Å². The first kappa shape index (κ1) is 8.49. The molecule has 0 saturated heterocycles. The summed E-state index contributed by atoms with van der Waals surface area (Å²) in [7, 11) is 0. The number of carboxylic acids is 1. The van der Waals surface area contributed by atoms with Gasteiger partial charge < -0.3 is 10.8 Å². The lowest BCUT2D eigenvalue weighted by Crippen LogP contribution is -1.99. The maximum absolute atomic E-state index is 10.2. The lowest BCUT2D eigenvalue weighted by atomic mass is 10.2. The SMILES string of the molecule is C=C/C=C\C(=C/N)C(=O)O. The smallest absolute Gasteiger partial charge is 0.337 e. The highest BCUT2D eigenvalue weighted by atomic mass is 16.4. The Bertz CT molecular complexity index is 192. The van der Waals surface area contributed by atoms with E-state index in [1.807, 2.05) is 0 Å². The summed E-state index contributed by atoms with van der Waals surface area (Å²) in [6, 6.07) is 0. The molecule has 3 N–H and O–H groups in total. The van der Waals surface area contributed by atoms with Gasteiger partial charge >= 0.3 is 5.97 Å². The molecule has 0 saturated carbocycles. The Morgan fingerprint density at radius 2 is 2.20 bits per heavy atom. The predicted octanol–water partition coefficient (Wildman–Crippen LogP) is 0.656. The van der Waals surface area contributed by atoms with Gasteiger partial charge in [0, 0.05) is 6.20 Å². The molecule has 0 rings (SSSR count). The number of nitrogens with two attached hydrogens (primary N) is 1. The van der Waals surface area contributed by atoms with E-state index in [4.69, 9.17) is 10.8 Å². The van der Waals surface area contributed by atoms with Crippen LogP contribution in [0.5, 0.6) is 0 Å². The fourth-order valence-corrected chi connectivity index (χ4v) is 0.370. The second-order valence-corrected chi connectivity index (χ2v) is 1.52. The number of carboxylic acid groups (broad SMARTS) is 1. The Morgan fingerprint density at radius 1 is 1.60 bits per heavy atom. The second-order valence-electron chi connectivity index (χ2n) is 1.52. The van der Waals surface area contributed by atoms with Gasteiger partial charge in [0.05, 0.1) is 5.57 Å². The highest BCUT2D eigenvalue weighted by Crippen LogP contribution is 1.93. The van der Waals surface area contributed by atoms with Crippen molar-refractivity contribution in [3.63, 3.8) is 0 Å². The standard InChI is InChI=1S/C7H9NO2/c1-2-3-4-6(5-8)7(9)10/h2-5H,1,8H2,(H,9,10)/b4-3-,6-5+. The molecule has 54 valence electrons. The minimum absolute atomic E-state index is 0.0555. The number of aliphatic carboxylic acids is 1. The van der Waals surface area contributed by atoms with Crippen LogP contribution >= 0.6 is 0 Å². The van der Waals surface area contributed by atoms with E-state index >= 15 is 0 Å². The summed E-state index contributed by atoms with van der Waals surface area (Å²) in [6.45, 7) is 3.38. The van der Waals surface area contributed by atoms with Gasteiger partial charge in [-0.25, -0.2) is 4.79 Å². The van der Waals surface area contributed by atoms with Gasteiger partial charge in [-0.2, -0.15) is 0 Å². The Hall–Kier alpha value is -1.51. The number of hydrogen-bond acceptors (Lipinski definition) is 2. The van der Waals surface area contributed by atoms with Crippen LogP contribution in [0, 0.1) is 0 Å². The van der Waals surface area contributed by atoms with Crippen LogP contribution in [0.4, 0.5) is 0 Å². The van der Waals surface area contributed by atoms with E-state index in [9.17, 15) is 4.79 Å². The molecule has 0 amide bonds. The zero-order chi connectivity index (χ0) is 7.98. The van der Waals surface area contributed by atoms with Crippen LogP contribution in [0.15, 0.2) is 36.6 Å². The van der Waals surface area contributed by atoms with Crippen molar-refractivity contribution in [2.75, 3.05) is 0 Å². The Balaban J connectivity index is 4.25. The van der Waals surface area contributed by atoms with Crippen LogP contribution < -0.4 is 5.73 Å². The van der Waals surface area contributed by atoms with Crippen LogP contribution in [0.3, 0.4) is 0 Å². The number of rotatable bonds is 3. The van der Waals surface area contributed by atoms with E-state index in [1.165, 1.54) is 18.2 Å². The van der Waals surface area contributed by atoms with Gasteiger partial charge in [-0.1, -0.05) is 18.7 Å². The number of carbonyl (C=O) groups is 1. The van der Waals surface area contributed by atoms with Crippen LogP contribution in [0.2, 0.25) is 0 Å². The molecule has 0 aromatic heterocycles. The molecule has 0 atom stereocenters. The number of hydrogen-bond donors (Lipinski definition) is 2. The van der Waals surface area contributed by atoms with E-state index in [1.54, 1.807) is 0 Å². The summed E-state index contributed by atoms with van der Waals surface area (Å²) < 4.78 is 0. The van der Waals surface area contributed by atoms with E-state index in [0.29, 0.717) is 0 Å². The van der Waals surface area contributed by atoms with Gasteiger partial charge in [0.2, 0.25) is 0 Å². The van der Waals surface area contributed by atoms with Crippen molar-refractivity contribution in [1.82, 2.24) is 0 Å². The molecule has 3 heteroatoms. The lowest BCUT2D eigenvalue weighted by molar-refractivity contribution is -0.132. The minimum Gasteiger partial charge on any atom is -0.478 e. The van der Waals surface area contributed by atoms with Gasteiger partial charge in [-0.05, 0) is 6.08 Å². The zero-order valence-electron chi connectivity index (χ0n) is 5.45. The molecule has 0 aromatic rings. The summed E-state index contributed by atoms with van der Waals surface area (Å²) in [6.07, 6.45) is 5.39. The van der Waals surface area contributed by atoms with Crippen LogP contribution in [-0.2, 0) is 4.79 Å². The normalized spacial score (nSPS) is 11.8. The van der Waals surface area contributed by atoms with Crippen LogP contribution in [0.25, 0.3) is 0 Å². The highest BCUT2D eigenvalue weighted by Gasteiger charge is 1.98. The summed E-state index contributed by atoms with van der Waals surface area (Å²) in [4.78, 5) is 10.2. The lowest BCUT2D eigenvalue weighted by Gasteiger charge is -1.88. The maximum atomic E-state index is 10.2. The van der Waals surface area contributed by atoms with Gasteiger partial charge in [-0.3, -0.25) is 0 Å². The summed E-state index contributed by atoms with van der Waals surface area (Å²) in [5.74, 6) is -1.04. The maximum Gasteiger partial charge on any atom is 0.337 e. The minimum atomic E-state index is -1.04. The van der Waals surface area contributed by atoms with Crippen molar-refractivity contribution in [3.8, 4) is 0 Å². The number of allylic oxidation sites excluding steroid dienone is 2. The van der Waals surface area contributed by atoms with Crippen molar-refractivity contribution in [2.24, 2.45) is 5.73 Å². The topological polar surface area (TPSA) is 63.3 Å². The molecular weight excluding hydrogens is 130 g/mol. The molecular formula is C7H9NO2. The molecule has 10 heavy (non-hydrogen) atoms. The fraction of sp³-hybridized carbons (Fsp3) is 0. The molecule has 0 unspecified atom stereocenters. The average molecular weight is 139 g/mol. The Morgan fingerprint density at radius 3 is 2.50 bits per heavy atom. The molecule has 0 heterocycles. The van der Waals surface area contributed by atoms with Crippen LogP contribution in [-0.4, -0.2) is 11.1 Å². The van der Waals surface area contributed by atoms with Crippen molar-refractivity contribution in [1.29, 1.82) is 0 Å². The molecule has 3 nitrogen and oxygen atoms in total. The fourth-order valence-electron chi connectivity index (χ4n) is 0.370. The summed E-state index contributed by atoms with van der Waals surface area (Å²) in [5, 5.41) is 8.37. The van der Waals surface area contributed by atoms with Crippen molar-refractivity contribution >= 4 is 5.97 Å². The first-order valence-electron chi connectivity index (χ1n) is 2.66. The molecule has 0 aliphatic heterocycles. The molecule has 0 radical (unpaired) electrons. The monoisotopic (exact) mass is 139 g/mol. The third-order valence-electron chi connectivity index (χ3n) is 0.838. The van der Waals surface area contributed by atoms with E-state index in [0.717, 1.165) is 6.20 Å². The molecule has 0 aliphatic carbocycles. The first-order valence-corrected chi connectivity index (χ1v) is 2.66. The van der Waals surface area contributed by atoms with Gasteiger partial charge in [0.25, 0.3) is 0 Å². The van der Waals surface area contributed by atoms with Gasteiger partial charge in [-0.15, -0.1) is 0 Å². The van der Waals surface area contributed by atoms with E-state index in [2.05, 4.69) is 6.58 Å². The molecule has 0 spiro atoms. The molecule has 0 aromatic carbocycles. The third-order valence-corrected chi connectivity index (χ3v) is 0.838. The van der Waals surface area contributed by atoms with E-state index < -0.39 is 5.97 Å². The summed E-state index contributed by atoms with van der Waals surface area (Å²) >= 11 is 0. The average Bonchev–Trinajstić information content (AvgIpc) is 1.89. The quantitative estimate of drug-likeness (QED) is 0.446. The second kappa shape index (κ2) is 4.38. The molecule has 0 bridgehead atoms. The first-order chi connectivity index (χ1) is 4.72. The van der Waals surface area contributed by atoms with Gasteiger partial charge in [0.15, 0.2) is 0 Å². The Labute approximate surface area is 59.2 Å². The Kier molecular flexibility index (Phi) is 3.72. The van der Waals surface area contributed by atoms with Crippen molar-refractivity contribution in [3.05, 3.63) is 36.6 Å². The van der Waals surface area contributed by atoms with E-state index in [-0.39, 0.29) is 5.57 Å². The highest BCUT2D eigenvalue weighted by molar-refractivity contribution is 5.89. The molecule has 0 fully saturated rings. The van der Waals surface area contributed by atoms with Gasteiger partial charge in [0.1, 0.15) is 0 Å². The third kappa shape index (κ3) is 2.71. The summed E-state index contributed by atoms with van der Waals surface area (Å²) in [5.41, 5.74) is 5.04.